The molecule has 0 saturated carbocycles. The van der Waals surface area contributed by atoms with Crippen LogP contribution < -0.4 is 5.32 Å². The molecule has 28 heavy (non-hydrogen) atoms. The summed E-state index contributed by atoms with van der Waals surface area (Å²) >= 11 is 2.96. The standard InChI is InChI=1S/C21H21N3O2S2/c25-19(8-4-7-15-5-2-1-3-6-15)24-11-9-17-18(13-24)28-21(22-17)23-20(26)16-10-12-27-14-16/h1-3,5-6,10,12,14H,4,7-9,11,13H2,(H,22,23,26). The first-order valence-corrected chi connectivity index (χ1v) is 11.1. The van der Waals surface area contributed by atoms with Gasteiger partial charge >= 0.3 is 0 Å². The van der Waals surface area contributed by atoms with E-state index in [2.05, 4.69) is 22.4 Å². The van der Waals surface area contributed by atoms with Gasteiger partial charge in [-0.2, -0.15) is 11.3 Å². The molecular weight excluding hydrogens is 390 g/mol. The minimum Gasteiger partial charge on any atom is -0.337 e. The number of aryl methyl sites for hydroxylation is 1. The summed E-state index contributed by atoms with van der Waals surface area (Å²) in [6.45, 7) is 1.28. The number of anilines is 1. The Bertz CT molecular complexity index is 951. The number of fused-ring (bicyclic) bond motifs is 1. The fourth-order valence-corrected chi connectivity index (χ4v) is 4.93. The largest absolute Gasteiger partial charge is 0.337 e. The van der Waals surface area contributed by atoms with Gasteiger partial charge in [-0.05, 0) is 29.9 Å². The molecule has 5 nitrogen and oxygen atoms in total. The van der Waals surface area contributed by atoms with Crippen molar-refractivity contribution in [1.29, 1.82) is 0 Å². The van der Waals surface area contributed by atoms with Crippen molar-refractivity contribution < 1.29 is 9.59 Å². The van der Waals surface area contributed by atoms with E-state index in [4.69, 9.17) is 0 Å². The van der Waals surface area contributed by atoms with E-state index in [0.29, 0.717) is 30.2 Å². The van der Waals surface area contributed by atoms with Crippen molar-refractivity contribution in [3.8, 4) is 0 Å². The van der Waals surface area contributed by atoms with Crippen LogP contribution in [-0.2, 0) is 24.2 Å². The minimum absolute atomic E-state index is 0.138. The lowest BCUT2D eigenvalue weighted by atomic mass is 10.1. The monoisotopic (exact) mass is 411 g/mol. The number of aromatic nitrogens is 1. The summed E-state index contributed by atoms with van der Waals surface area (Å²) in [4.78, 5) is 32.3. The Morgan fingerprint density at radius 2 is 2.04 bits per heavy atom. The Morgan fingerprint density at radius 3 is 2.82 bits per heavy atom. The van der Waals surface area contributed by atoms with E-state index < -0.39 is 0 Å². The average molecular weight is 412 g/mol. The molecule has 1 N–H and O–H groups in total. The van der Waals surface area contributed by atoms with E-state index in [0.717, 1.165) is 29.8 Å². The molecule has 0 atom stereocenters. The highest BCUT2D eigenvalue weighted by Crippen LogP contribution is 2.29. The Labute approximate surface area is 172 Å². The summed E-state index contributed by atoms with van der Waals surface area (Å²) in [5.74, 6) is 0.0556. The number of rotatable bonds is 6. The van der Waals surface area contributed by atoms with E-state index in [9.17, 15) is 9.59 Å². The molecule has 4 rings (SSSR count). The second-order valence-corrected chi connectivity index (χ2v) is 8.62. The molecule has 1 aliphatic heterocycles. The third-order valence-corrected chi connectivity index (χ3v) is 6.47. The summed E-state index contributed by atoms with van der Waals surface area (Å²) in [5.41, 5.74) is 2.91. The molecule has 3 heterocycles. The number of carbonyl (C=O) groups is 2. The van der Waals surface area contributed by atoms with Crippen LogP contribution >= 0.6 is 22.7 Å². The van der Waals surface area contributed by atoms with E-state index in [1.165, 1.54) is 28.2 Å². The molecule has 2 aromatic heterocycles. The number of nitrogens with one attached hydrogen (secondary N) is 1. The van der Waals surface area contributed by atoms with Gasteiger partial charge in [0.15, 0.2) is 5.13 Å². The minimum atomic E-state index is -0.138. The summed E-state index contributed by atoms with van der Waals surface area (Å²) in [6.07, 6.45) is 3.08. The van der Waals surface area contributed by atoms with Gasteiger partial charge in [-0.1, -0.05) is 41.7 Å². The zero-order valence-corrected chi connectivity index (χ0v) is 17.0. The van der Waals surface area contributed by atoms with E-state index in [1.54, 1.807) is 6.07 Å². The number of carbonyl (C=O) groups excluding carboxylic acids is 2. The lowest BCUT2D eigenvalue weighted by Crippen LogP contribution is -2.35. The van der Waals surface area contributed by atoms with Crippen molar-refractivity contribution >= 4 is 39.6 Å². The summed E-state index contributed by atoms with van der Waals surface area (Å²) in [7, 11) is 0. The predicted octanol–water partition coefficient (Wildman–Crippen LogP) is 4.36. The number of amides is 2. The van der Waals surface area contributed by atoms with Gasteiger partial charge in [0.25, 0.3) is 5.91 Å². The van der Waals surface area contributed by atoms with Crippen LogP contribution in [0.4, 0.5) is 5.13 Å². The molecule has 0 bridgehead atoms. The fraction of sp³-hybridized carbons (Fsp3) is 0.286. The lowest BCUT2D eigenvalue weighted by molar-refractivity contribution is -0.132. The molecule has 0 saturated heterocycles. The second kappa shape index (κ2) is 8.67. The number of benzene rings is 1. The van der Waals surface area contributed by atoms with Gasteiger partial charge in [-0.25, -0.2) is 4.98 Å². The first-order chi connectivity index (χ1) is 13.7. The molecule has 3 aromatic rings. The van der Waals surface area contributed by atoms with Crippen LogP contribution in [0, 0.1) is 0 Å². The zero-order valence-electron chi connectivity index (χ0n) is 15.4. The van der Waals surface area contributed by atoms with Crippen LogP contribution in [0.15, 0.2) is 47.2 Å². The quantitative estimate of drug-likeness (QED) is 0.655. The maximum absolute atomic E-state index is 12.6. The fourth-order valence-electron chi connectivity index (χ4n) is 3.27. The van der Waals surface area contributed by atoms with Crippen LogP contribution in [0.1, 0.15) is 39.3 Å². The molecule has 0 fully saturated rings. The number of hydrogen-bond acceptors (Lipinski definition) is 5. The zero-order chi connectivity index (χ0) is 19.3. The number of thiazole rings is 1. The van der Waals surface area contributed by atoms with E-state index >= 15 is 0 Å². The normalized spacial score (nSPS) is 13.2. The molecule has 0 radical (unpaired) electrons. The van der Waals surface area contributed by atoms with Gasteiger partial charge in [0, 0.05) is 29.6 Å². The molecule has 7 heteroatoms. The Morgan fingerprint density at radius 1 is 1.18 bits per heavy atom. The van der Waals surface area contributed by atoms with Gasteiger partial charge in [0.1, 0.15) is 0 Å². The lowest BCUT2D eigenvalue weighted by Gasteiger charge is -2.26. The topological polar surface area (TPSA) is 62.3 Å². The first-order valence-electron chi connectivity index (χ1n) is 9.33. The molecule has 1 aromatic carbocycles. The molecular formula is C21H21N3O2S2. The first kappa shape index (κ1) is 18.8. The summed E-state index contributed by atoms with van der Waals surface area (Å²) in [5, 5.41) is 7.18. The highest BCUT2D eigenvalue weighted by Gasteiger charge is 2.24. The molecule has 2 amide bonds. The van der Waals surface area contributed by atoms with Crippen molar-refractivity contribution in [3.05, 3.63) is 68.9 Å². The molecule has 1 aliphatic rings. The Kier molecular flexibility index (Phi) is 5.83. The van der Waals surface area contributed by atoms with Crippen molar-refractivity contribution in [2.75, 3.05) is 11.9 Å². The second-order valence-electron chi connectivity index (χ2n) is 6.76. The van der Waals surface area contributed by atoms with Crippen LogP contribution in [-0.4, -0.2) is 28.2 Å². The van der Waals surface area contributed by atoms with Crippen LogP contribution in [0.2, 0.25) is 0 Å². The molecule has 0 aliphatic carbocycles. The maximum atomic E-state index is 12.6. The predicted molar refractivity (Wildman–Crippen MR) is 113 cm³/mol. The van der Waals surface area contributed by atoms with Crippen molar-refractivity contribution in [2.45, 2.75) is 32.2 Å². The summed E-state index contributed by atoms with van der Waals surface area (Å²) in [6, 6.07) is 12.1. The van der Waals surface area contributed by atoms with Crippen LogP contribution in [0.5, 0.6) is 0 Å². The van der Waals surface area contributed by atoms with Crippen molar-refractivity contribution in [3.63, 3.8) is 0 Å². The smallest absolute Gasteiger partial charge is 0.258 e. The van der Waals surface area contributed by atoms with Crippen molar-refractivity contribution in [2.24, 2.45) is 0 Å². The number of nitrogens with zero attached hydrogens (tertiary/aromatic N) is 2. The van der Waals surface area contributed by atoms with Gasteiger partial charge < -0.3 is 4.90 Å². The highest BCUT2D eigenvalue weighted by molar-refractivity contribution is 7.16. The maximum Gasteiger partial charge on any atom is 0.258 e. The van der Waals surface area contributed by atoms with E-state index in [1.807, 2.05) is 33.9 Å². The average Bonchev–Trinajstić information content (AvgIpc) is 3.37. The summed E-state index contributed by atoms with van der Waals surface area (Å²) < 4.78 is 0. The van der Waals surface area contributed by atoms with Crippen molar-refractivity contribution in [1.82, 2.24) is 9.88 Å². The molecule has 0 spiro atoms. The molecule has 144 valence electrons. The highest BCUT2D eigenvalue weighted by atomic mass is 32.1. The Balaban J connectivity index is 1.31. The SMILES string of the molecule is O=C(Nc1nc2c(s1)CN(C(=O)CCCc1ccccc1)CC2)c1ccsc1. The van der Waals surface area contributed by atoms with Gasteiger partial charge in [0.2, 0.25) is 5.91 Å². The van der Waals surface area contributed by atoms with Gasteiger partial charge in [-0.15, -0.1) is 0 Å². The third-order valence-electron chi connectivity index (χ3n) is 4.79. The van der Waals surface area contributed by atoms with Crippen LogP contribution in [0.25, 0.3) is 0 Å². The van der Waals surface area contributed by atoms with Gasteiger partial charge in [0.05, 0.1) is 17.8 Å². The van der Waals surface area contributed by atoms with E-state index in [-0.39, 0.29) is 11.8 Å². The third kappa shape index (κ3) is 4.48. The number of thiophene rings is 1. The van der Waals surface area contributed by atoms with Gasteiger partial charge in [-0.3, -0.25) is 14.9 Å². The van der Waals surface area contributed by atoms with Crippen LogP contribution in [0.3, 0.4) is 0 Å². The number of hydrogen-bond donors (Lipinski definition) is 1. The molecule has 0 unspecified atom stereocenters. The Hall–Kier alpha value is -2.51.